The number of benzene rings is 2. The van der Waals surface area contributed by atoms with Gasteiger partial charge in [0.15, 0.2) is 6.61 Å². The highest BCUT2D eigenvalue weighted by molar-refractivity contribution is 9.10. The van der Waals surface area contributed by atoms with E-state index in [2.05, 4.69) is 21.2 Å². The molecule has 1 N–H and O–H groups in total. The molecule has 1 atom stereocenters. The van der Waals surface area contributed by atoms with Crippen molar-refractivity contribution in [3.05, 3.63) is 69.9 Å². The predicted octanol–water partition coefficient (Wildman–Crippen LogP) is 3.66. The minimum Gasteiger partial charge on any atom is -0.452 e. The molecule has 0 fully saturated rings. The number of carbonyl (C=O) groups excluding carboxylic acids is 2. The second kappa shape index (κ2) is 8.59. The normalized spacial score (nSPS) is 11.6. The molecule has 6 heteroatoms. The van der Waals surface area contributed by atoms with Gasteiger partial charge < -0.3 is 10.1 Å². The summed E-state index contributed by atoms with van der Waals surface area (Å²) in [5.74, 6) is -1.39. The Balaban J connectivity index is 1.79. The highest BCUT2D eigenvalue weighted by Crippen LogP contribution is 2.19. The van der Waals surface area contributed by atoms with Crippen molar-refractivity contribution >= 4 is 27.8 Å². The molecule has 4 nitrogen and oxygen atoms in total. The molecule has 0 saturated heterocycles. The summed E-state index contributed by atoms with van der Waals surface area (Å²) >= 11 is 3.09. The van der Waals surface area contributed by atoms with E-state index in [0.717, 1.165) is 17.7 Å². The predicted molar refractivity (Wildman–Crippen MR) is 92.2 cm³/mol. The van der Waals surface area contributed by atoms with Crippen LogP contribution in [0.1, 0.15) is 28.8 Å². The fraction of sp³-hybridized carbons (Fsp3) is 0.222. The summed E-state index contributed by atoms with van der Waals surface area (Å²) in [5, 5.41) is 2.72. The first-order valence-electron chi connectivity index (χ1n) is 7.41. The Kier molecular flexibility index (Phi) is 6.49. The zero-order chi connectivity index (χ0) is 17.5. The SMILES string of the molecule is C[C@@H](CNC(=O)COC(=O)c1ccc(F)cc1Br)c1ccccc1. The molecule has 0 radical (unpaired) electrons. The van der Waals surface area contributed by atoms with Gasteiger partial charge in [-0.25, -0.2) is 9.18 Å². The summed E-state index contributed by atoms with van der Waals surface area (Å²) in [6.45, 7) is 2.06. The monoisotopic (exact) mass is 393 g/mol. The minimum absolute atomic E-state index is 0.150. The van der Waals surface area contributed by atoms with Gasteiger partial charge in [0.2, 0.25) is 0 Å². The zero-order valence-electron chi connectivity index (χ0n) is 13.1. The topological polar surface area (TPSA) is 55.4 Å². The molecule has 2 aromatic rings. The average Bonchev–Trinajstić information content (AvgIpc) is 2.58. The lowest BCUT2D eigenvalue weighted by Crippen LogP contribution is -2.31. The molecule has 0 bridgehead atoms. The van der Waals surface area contributed by atoms with E-state index in [0.29, 0.717) is 6.54 Å². The number of ether oxygens (including phenoxy) is 1. The van der Waals surface area contributed by atoms with Gasteiger partial charge in [-0.15, -0.1) is 0 Å². The summed E-state index contributed by atoms with van der Waals surface area (Å²) in [4.78, 5) is 23.7. The number of halogens is 2. The third-order valence-corrected chi connectivity index (χ3v) is 4.12. The van der Waals surface area contributed by atoms with Gasteiger partial charge in [0.05, 0.1) is 5.56 Å². The maximum absolute atomic E-state index is 13.0. The second-order valence-electron chi connectivity index (χ2n) is 5.32. The number of hydrogen-bond donors (Lipinski definition) is 1. The molecule has 0 aromatic heterocycles. The summed E-state index contributed by atoms with van der Waals surface area (Å²) in [5.41, 5.74) is 1.28. The summed E-state index contributed by atoms with van der Waals surface area (Å²) < 4.78 is 18.2. The number of rotatable bonds is 6. The maximum atomic E-state index is 13.0. The van der Waals surface area contributed by atoms with Crippen LogP contribution in [0.15, 0.2) is 53.0 Å². The number of carbonyl (C=O) groups is 2. The van der Waals surface area contributed by atoms with E-state index < -0.39 is 11.8 Å². The van der Waals surface area contributed by atoms with Gasteiger partial charge >= 0.3 is 5.97 Å². The van der Waals surface area contributed by atoms with Gasteiger partial charge in [-0.3, -0.25) is 4.79 Å². The van der Waals surface area contributed by atoms with Crippen LogP contribution >= 0.6 is 15.9 Å². The fourth-order valence-electron chi connectivity index (χ4n) is 2.08. The lowest BCUT2D eigenvalue weighted by atomic mass is 10.0. The first kappa shape index (κ1) is 18.1. The van der Waals surface area contributed by atoms with E-state index in [1.54, 1.807) is 0 Å². The van der Waals surface area contributed by atoms with Crippen LogP contribution in [-0.4, -0.2) is 25.0 Å². The lowest BCUT2D eigenvalue weighted by Gasteiger charge is -2.13. The molecule has 1 amide bonds. The standard InChI is InChI=1S/C18H17BrFNO3/c1-12(13-5-3-2-4-6-13)10-21-17(22)11-24-18(23)15-8-7-14(20)9-16(15)19/h2-9,12H,10-11H2,1H3,(H,21,22)/t12-/m0/s1. The second-order valence-corrected chi connectivity index (χ2v) is 6.17. The quantitative estimate of drug-likeness (QED) is 0.761. The van der Waals surface area contributed by atoms with Gasteiger partial charge in [0.25, 0.3) is 5.91 Å². The maximum Gasteiger partial charge on any atom is 0.339 e. The highest BCUT2D eigenvalue weighted by Gasteiger charge is 2.14. The van der Waals surface area contributed by atoms with Crippen molar-refractivity contribution < 1.29 is 18.7 Å². The molecule has 0 aliphatic heterocycles. The molecule has 2 rings (SSSR count). The van der Waals surface area contributed by atoms with E-state index in [-0.39, 0.29) is 28.5 Å². The molecule has 0 aliphatic rings. The molecule has 0 heterocycles. The molecule has 0 unspecified atom stereocenters. The van der Waals surface area contributed by atoms with Crippen molar-refractivity contribution in [1.29, 1.82) is 0 Å². The summed E-state index contributed by atoms with van der Waals surface area (Å²) in [6.07, 6.45) is 0. The van der Waals surface area contributed by atoms with Crippen LogP contribution in [0.4, 0.5) is 4.39 Å². The molecule has 126 valence electrons. The fourth-order valence-corrected chi connectivity index (χ4v) is 2.59. The van der Waals surface area contributed by atoms with Crippen molar-refractivity contribution in [1.82, 2.24) is 5.32 Å². The Bertz CT molecular complexity index is 721. The molecule has 0 saturated carbocycles. The van der Waals surface area contributed by atoms with Crippen molar-refractivity contribution in [2.75, 3.05) is 13.2 Å². The number of amides is 1. The van der Waals surface area contributed by atoms with Crippen LogP contribution in [0.25, 0.3) is 0 Å². The van der Waals surface area contributed by atoms with Gasteiger partial charge in [-0.2, -0.15) is 0 Å². The van der Waals surface area contributed by atoms with Crippen LogP contribution in [0.3, 0.4) is 0 Å². The lowest BCUT2D eigenvalue weighted by molar-refractivity contribution is -0.124. The van der Waals surface area contributed by atoms with E-state index >= 15 is 0 Å². The number of esters is 1. The van der Waals surface area contributed by atoms with E-state index in [4.69, 9.17) is 4.74 Å². The molecule has 24 heavy (non-hydrogen) atoms. The molecular weight excluding hydrogens is 377 g/mol. The van der Waals surface area contributed by atoms with Crippen molar-refractivity contribution in [3.63, 3.8) is 0 Å². The Morgan fingerprint density at radius 2 is 1.92 bits per heavy atom. The van der Waals surface area contributed by atoms with Gasteiger partial charge in [0.1, 0.15) is 5.82 Å². The van der Waals surface area contributed by atoms with Crippen molar-refractivity contribution in [3.8, 4) is 0 Å². The van der Waals surface area contributed by atoms with E-state index in [1.165, 1.54) is 6.07 Å². The van der Waals surface area contributed by atoms with Gasteiger partial charge in [-0.05, 0) is 45.6 Å². The van der Waals surface area contributed by atoms with Crippen LogP contribution in [0, 0.1) is 5.82 Å². The zero-order valence-corrected chi connectivity index (χ0v) is 14.7. The smallest absolute Gasteiger partial charge is 0.339 e. The Labute approximate surface area is 148 Å². The number of nitrogens with one attached hydrogen (secondary N) is 1. The van der Waals surface area contributed by atoms with Crippen LogP contribution in [0.2, 0.25) is 0 Å². The Hall–Kier alpha value is -2.21. The van der Waals surface area contributed by atoms with E-state index in [1.807, 2.05) is 37.3 Å². The molecule has 2 aromatic carbocycles. The van der Waals surface area contributed by atoms with Gasteiger partial charge in [-0.1, -0.05) is 37.3 Å². The van der Waals surface area contributed by atoms with Crippen LogP contribution < -0.4 is 5.32 Å². The molecule has 0 spiro atoms. The molecular formula is C18H17BrFNO3. The first-order chi connectivity index (χ1) is 11.5. The third kappa shape index (κ3) is 5.16. The third-order valence-electron chi connectivity index (χ3n) is 3.46. The summed E-state index contributed by atoms with van der Waals surface area (Å²) in [7, 11) is 0. The van der Waals surface area contributed by atoms with Gasteiger partial charge in [0, 0.05) is 11.0 Å². The first-order valence-corrected chi connectivity index (χ1v) is 8.20. The highest BCUT2D eigenvalue weighted by atomic mass is 79.9. The Morgan fingerprint density at radius 1 is 1.21 bits per heavy atom. The van der Waals surface area contributed by atoms with Crippen molar-refractivity contribution in [2.45, 2.75) is 12.8 Å². The largest absolute Gasteiger partial charge is 0.452 e. The number of hydrogen-bond acceptors (Lipinski definition) is 3. The summed E-state index contributed by atoms with van der Waals surface area (Å²) in [6, 6.07) is 13.4. The minimum atomic E-state index is -0.687. The van der Waals surface area contributed by atoms with E-state index in [9.17, 15) is 14.0 Å². The van der Waals surface area contributed by atoms with Crippen LogP contribution in [-0.2, 0) is 9.53 Å². The average molecular weight is 394 g/mol. The Morgan fingerprint density at radius 3 is 2.58 bits per heavy atom. The van der Waals surface area contributed by atoms with Crippen LogP contribution in [0.5, 0.6) is 0 Å². The molecule has 0 aliphatic carbocycles. The van der Waals surface area contributed by atoms with Crippen molar-refractivity contribution in [2.24, 2.45) is 0 Å².